The van der Waals surface area contributed by atoms with Crippen molar-refractivity contribution in [2.45, 2.75) is 51.7 Å². The third kappa shape index (κ3) is 14.0. The van der Waals surface area contributed by atoms with Crippen molar-refractivity contribution >= 4 is 0 Å². The fraction of sp³-hybridized carbons (Fsp3) is 1.00. The quantitative estimate of drug-likeness (QED) is 0.412. The highest BCUT2D eigenvalue weighted by Gasteiger charge is 2.07. The number of aliphatic hydroxyl groups is 2. The lowest BCUT2D eigenvalue weighted by atomic mass is 10.3. The maximum absolute atomic E-state index is 9.61. The summed E-state index contributed by atoms with van der Waals surface area (Å²) in [5, 5.41) is 22.2. The maximum atomic E-state index is 9.61. The number of rotatable bonds is 14. The van der Waals surface area contributed by atoms with Gasteiger partial charge in [-0.1, -0.05) is 26.7 Å². The molecule has 3 N–H and O–H groups in total. The van der Waals surface area contributed by atoms with Crippen molar-refractivity contribution in [1.82, 2.24) is 5.32 Å². The molecule has 0 spiro atoms. The molecule has 0 saturated carbocycles. The number of hydrogen-bond donors (Lipinski definition) is 3. The molecule has 5 heteroatoms. The standard InChI is InChI=1S/C14H31NO4/c1-3-5-7-18-11-13(16)9-15-10-14(17)12-19-8-6-4-2/h13-17H,3-12H2,1-2H3. The first-order valence-corrected chi connectivity index (χ1v) is 7.43. The Morgan fingerprint density at radius 1 is 0.842 bits per heavy atom. The highest BCUT2D eigenvalue weighted by atomic mass is 16.5. The molecule has 0 aromatic heterocycles. The third-order valence-corrected chi connectivity index (χ3v) is 2.66. The zero-order chi connectivity index (χ0) is 14.3. The smallest absolute Gasteiger partial charge is 0.0897 e. The SMILES string of the molecule is CCCCOCC(O)CNCC(O)COCCCC. The summed E-state index contributed by atoms with van der Waals surface area (Å²) in [6.07, 6.45) is 3.19. The van der Waals surface area contributed by atoms with E-state index in [0.29, 0.717) is 39.5 Å². The van der Waals surface area contributed by atoms with E-state index in [-0.39, 0.29) is 0 Å². The van der Waals surface area contributed by atoms with Crippen LogP contribution in [-0.4, -0.2) is 61.9 Å². The molecule has 0 fully saturated rings. The van der Waals surface area contributed by atoms with Gasteiger partial charge in [-0.15, -0.1) is 0 Å². The Morgan fingerprint density at radius 3 is 1.63 bits per heavy atom. The molecule has 0 amide bonds. The average Bonchev–Trinajstić information content (AvgIpc) is 2.40. The number of hydrogen-bond acceptors (Lipinski definition) is 5. The van der Waals surface area contributed by atoms with Gasteiger partial charge in [0.1, 0.15) is 0 Å². The topological polar surface area (TPSA) is 71.0 Å². The zero-order valence-corrected chi connectivity index (χ0v) is 12.4. The summed E-state index contributed by atoms with van der Waals surface area (Å²) < 4.78 is 10.6. The number of nitrogens with one attached hydrogen (secondary N) is 1. The predicted octanol–water partition coefficient (Wildman–Crippen LogP) is 0.931. The Morgan fingerprint density at radius 2 is 1.26 bits per heavy atom. The molecule has 0 aliphatic heterocycles. The summed E-state index contributed by atoms with van der Waals surface area (Å²) in [7, 11) is 0. The first-order chi connectivity index (χ1) is 9.20. The molecule has 0 aromatic rings. The van der Waals surface area contributed by atoms with E-state index < -0.39 is 12.2 Å². The second-order valence-electron chi connectivity index (χ2n) is 4.82. The fourth-order valence-electron chi connectivity index (χ4n) is 1.47. The van der Waals surface area contributed by atoms with Gasteiger partial charge in [0.15, 0.2) is 0 Å². The zero-order valence-electron chi connectivity index (χ0n) is 12.4. The Bertz CT molecular complexity index is 163. The van der Waals surface area contributed by atoms with Crippen LogP contribution in [0.2, 0.25) is 0 Å². The molecule has 0 bridgehead atoms. The highest BCUT2D eigenvalue weighted by Crippen LogP contribution is 1.92. The van der Waals surface area contributed by atoms with Crippen LogP contribution in [0.25, 0.3) is 0 Å². The molecule has 0 rings (SSSR count). The van der Waals surface area contributed by atoms with Crippen LogP contribution in [0.5, 0.6) is 0 Å². The van der Waals surface area contributed by atoms with Crippen molar-refractivity contribution in [3.05, 3.63) is 0 Å². The van der Waals surface area contributed by atoms with Gasteiger partial charge in [-0.05, 0) is 12.8 Å². The van der Waals surface area contributed by atoms with Crippen LogP contribution in [0.1, 0.15) is 39.5 Å². The number of ether oxygens (including phenoxy) is 2. The molecular formula is C14H31NO4. The maximum Gasteiger partial charge on any atom is 0.0897 e. The summed E-state index contributed by atoms with van der Waals surface area (Å²) in [5.74, 6) is 0. The Kier molecular flexibility index (Phi) is 14.1. The molecule has 0 radical (unpaired) electrons. The second-order valence-corrected chi connectivity index (χ2v) is 4.82. The van der Waals surface area contributed by atoms with Gasteiger partial charge in [-0.3, -0.25) is 0 Å². The van der Waals surface area contributed by atoms with Gasteiger partial charge >= 0.3 is 0 Å². The van der Waals surface area contributed by atoms with Crippen LogP contribution in [0.4, 0.5) is 0 Å². The summed E-state index contributed by atoms with van der Waals surface area (Å²) in [6.45, 7) is 7.14. The average molecular weight is 277 g/mol. The van der Waals surface area contributed by atoms with Crippen LogP contribution >= 0.6 is 0 Å². The normalized spacial score (nSPS) is 14.5. The van der Waals surface area contributed by atoms with E-state index in [0.717, 1.165) is 25.7 Å². The van der Waals surface area contributed by atoms with E-state index in [1.54, 1.807) is 0 Å². The molecule has 5 nitrogen and oxygen atoms in total. The van der Waals surface area contributed by atoms with Gasteiger partial charge in [0.05, 0.1) is 25.4 Å². The van der Waals surface area contributed by atoms with Gasteiger partial charge in [0.25, 0.3) is 0 Å². The first-order valence-electron chi connectivity index (χ1n) is 7.43. The first kappa shape index (κ1) is 18.8. The Labute approximate surface area is 117 Å². The molecule has 0 aliphatic carbocycles. The molecule has 0 heterocycles. The number of unbranched alkanes of at least 4 members (excludes halogenated alkanes) is 2. The van der Waals surface area contributed by atoms with Crippen LogP contribution in [0.15, 0.2) is 0 Å². The Hall–Kier alpha value is -0.200. The van der Waals surface area contributed by atoms with E-state index in [1.807, 2.05) is 0 Å². The van der Waals surface area contributed by atoms with Crippen molar-refractivity contribution in [2.24, 2.45) is 0 Å². The van der Waals surface area contributed by atoms with Crippen LogP contribution < -0.4 is 5.32 Å². The van der Waals surface area contributed by atoms with Crippen molar-refractivity contribution in [1.29, 1.82) is 0 Å². The lowest BCUT2D eigenvalue weighted by molar-refractivity contribution is 0.0229. The van der Waals surface area contributed by atoms with Crippen LogP contribution in [0.3, 0.4) is 0 Å². The van der Waals surface area contributed by atoms with Gasteiger partial charge in [-0.25, -0.2) is 0 Å². The van der Waals surface area contributed by atoms with Crippen LogP contribution in [-0.2, 0) is 9.47 Å². The lowest BCUT2D eigenvalue weighted by Crippen LogP contribution is -2.37. The molecule has 0 saturated heterocycles. The van der Waals surface area contributed by atoms with Crippen LogP contribution in [0, 0.1) is 0 Å². The minimum atomic E-state index is -0.523. The molecule has 0 aliphatic rings. The van der Waals surface area contributed by atoms with E-state index in [9.17, 15) is 10.2 Å². The van der Waals surface area contributed by atoms with E-state index in [1.165, 1.54) is 0 Å². The summed E-state index contributed by atoms with van der Waals surface area (Å²) in [5.41, 5.74) is 0. The fourth-order valence-corrected chi connectivity index (χ4v) is 1.47. The summed E-state index contributed by atoms with van der Waals surface area (Å²) in [6, 6.07) is 0. The molecule has 19 heavy (non-hydrogen) atoms. The molecule has 2 atom stereocenters. The summed E-state index contributed by atoms with van der Waals surface area (Å²) in [4.78, 5) is 0. The van der Waals surface area contributed by atoms with Gasteiger partial charge in [-0.2, -0.15) is 0 Å². The molecular weight excluding hydrogens is 246 g/mol. The monoisotopic (exact) mass is 277 g/mol. The highest BCUT2D eigenvalue weighted by molar-refractivity contribution is 4.63. The van der Waals surface area contributed by atoms with Crippen molar-refractivity contribution in [3.8, 4) is 0 Å². The minimum Gasteiger partial charge on any atom is -0.389 e. The van der Waals surface area contributed by atoms with Crippen molar-refractivity contribution < 1.29 is 19.7 Å². The third-order valence-electron chi connectivity index (χ3n) is 2.66. The summed E-state index contributed by atoms with van der Waals surface area (Å²) >= 11 is 0. The van der Waals surface area contributed by atoms with Crippen molar-refractivity contribution in [2.75, 3.05) is 39.5 Å². The van der Waals surface area contributed by atoms with Gasteiger partial charge < -0.3 is 25.0 Å². The van der Waals surface area contributed by atoms with E-state index in [2.05, 4.69) is 19.2 Å². The molecule has 0 aromatic carbocycles. The van der Waals surface area contributed by atoms with Crippen molar-refractivity contribution in [3.63, 3.8) is 0 Å². The second kappa shape index (κ2) is 14.2. The largest absolute Gasteiger partial charge is 0.389 e. The van der Waals surface area contributed by atoms with Gasteiger partial charge in [0, 0.05) is 26.3 Å². The van der Waals surface area contributed by atoms with Gasteiger partial charge in [0.2, 0.25) is 0 Å². The van der Waals surface area contributed by atoms with E-state index >= 15 is 0 Å². The predicted molar refractivity (Wildman–Crippen MR) is 76.3 cm³/mol. The molecule has 2 unspecified atom stereocenters. The molecule has 116 valence electrons. The Balaban J connectivity index is 3.30. The minimum absolute atomic E-state index is 0.343. The van der Waals surface area contributed by atoms with E-state index in [4.69, 9.17) is 9.47 Å². The number of aliphatic hydroxyl groups excluding tert-OH is 2. The lowest BCUT2D eigenvalue weighted by Gasteiger charge is -2.15.